The molecule has 0 aliphatic heterocycles. The van der Waals surface area contributed by atoms with Gasteiger partial charge in [0.25, 0.3) is 5.91 Å². The summed E-state index contributed by atoms with van der Waals surface area (Å²) in [7, 11) is 0. The van der Waals surface area contributed by atoms with Crippen LogP contribution in [0.15, 0.2) is 34.9 Å². The number of aromatic nitrogens is 2. The van der Waals surface area contributed by atoms with Crippen LogP contribution in [0.3, 0.4) is 0 Å². The second-order valence-corrected chi connectivity index (χ2v) is 5.05. The van der Waals surface area contributed by atoms with Crippen LogP contribution in [0.4, 0.5) is 5.95 Å². The molecule has 7 heteroatoms. The highest BCUT2D eigenvalue weighted by Gasteiger charge is 2.09. The molecule has 0 bridgehead atoms. The summed E-state index contributed by atoms with van der Waals surface area (Å²) < 4.78 is 0.715. The Labute approximate surface area is 121 Å². The molecule has 0 fully saturated rings. The van der Waals surface area contributed by atoms with Gasteiger partial charge in [-0.15, -0.1) is 0 Å². The molecule has 0 aliphatic carbocycles. The molecule has 0 radical (unpaired) electrons. The van der Waals surface area contributed by atoms with E-state index in [0.717, 1.165) is 0 Å². The molecule has 0 unspecified atom stereocenters. The van der Waals surface area contributed by atoms with Crippen molar-refractivity contribution >= 4 is 51.0 Å². The lowest BCUT2D eigenvalue weighted by Crippen LogP contribution is -2.14. The lowest BCUT2D eigenvalue weighted by atomic mass is 10.2. The van der Waals surface area contributed by atoms with Crippen LogP contribution in [0.25, 0.3) is 0 Å². The minimum Gasteiger partial charge on any atom is -0.290 e. The molecular weight excluding hydrogens is 341 g/mol. The summed E-state index contributed by atoms with van der Waals surface area (Å²) in [4.78, 5) is 19.7. The number of nitrogens with zero attached hydrogens (tertiary/aromatic N) is 2. The Morgan fingerprint density at radius 2 is 2.06 bits per heavy atom. The molecule has 1 N–H and O–H groups in total. The summed E-state index contributed by atoms with van der Waals surface area (Å²) in [6.45, 7) is 0. The van der Waals surface area contributed by atoms with E-state index in [1.807, 2.05) is 0 Å². The second kappa shape index (κ2) is 5.65. The first-order valence-corrected chi connectivity index (χ1v) is 6.35. The van der Waals surface area contributed by atoms with Gasteiger partial charge in [0.1, 0.15) is 5.15 Å². The maximum absolute atomic E-state index is 11.9. The normalized spacial score (nSPS) is 10.2. The third kappa shape index (κ3) is 3.41. The quantitative estimate of drug-likeness (QED) is 0.841. The van der Waals surface area contributed by atoms with Crippen LogP contribution in [0.5, 0.6) is 0 Å². The molecule has 0 atom stereocenters. The molecule has 1 amide bonds. The van der Waals surface area contributed by atoms with Gasteiger partial charge in [-0.05, 0) is 24.3 Å². The third-order valence-corrected chi connectivity index (χ3v) is 2.86. The standard InChI is InChI=1S/C11H6BrCl2N3O/c12-7-3-6(4-8(13)5-7)10(18)17-11-15-2-1-9(14)16-11/h1-5H,(H,15,16,17,18). The predicted octanol–water partition coefficient (Wildman–Crippen LogP) is 3.80. The number of halogens is 3. The summed E-state index contributed by atoms with van der Waals surface area (Å²) in [6.07, 6.45) is 1.46. The molecule has 1 aromatic heterocycles. The van der Waals surface area contributed by atoms with Crippen molar-refractivity contribution in [3.05, 3.63) is 50.7 Å². The Balaban J connectivity index is 2.22. The molecule has 92 valence electrons. The Kier molecular flexibility index (Phi) is 4.16. The van der Waals surface area contributed by atoms with Gasteiger partial charge in [-0.2, -0.15) is 0 Å². The predicted molar refractivity (Wildman–Crippen MR) is 74.1 cm³/mol. The summed E-state index contributed by atoms with van der Waals surface area (Å²) in [5, 5.41) is 3.25. The molecule has 0 spiro atoms. The van der Waals surface area contributed by atoms with E-state index >= 15 is 0 Å². The van der Waals surface area contributed by atoms with Crippen molar-refractivity contribution in [1.29, 1.82) is 0 Å². The number of amides is 1. The number of anilines is 1. The lowest BCUT2D eigenvalue weighted by molar-refractivity contribution is 0.102. The number of nitrogens with one attached hydrogen (secondary N) is 1. The summed E-state index contributed by atoms with van der Waals surface area (Å²) in [6, 6.07) is 6.40. The second-order valence-electron chi connectivity index (χ2n) is 3.32. The highest BCUT2D eigenvalue weighted by molar-refractivity contribution is 9.10. The van der Waals surface area contributed by atoms with Crippen LogP contribution in [-0.2, 0) is 0 Å². The number of benzene rings is 1. The van der Waals surface area contributed by atoms with Crippen molar-refractivity contribution in [2.24, 2.45) is 0 Å². The van der Waals surface area contributed by atoms with Gasteiger partial charge >= 0.3 is 0 Å². The van der Waals surface area contributed by atoms with Crippen molar-refractivity contribution in [3.8, 4) is 0 Å². The van der Waals surface area contributed by atoms with E-state index in [0.29, 0.717) is 15.1 Å². The first-order valence-electron chi connectivity index (χ1n) is 4.80. The molecule has 1 heterocycles. The van der Waals surface area contributed by atoms with Crippen molar-refractivity contribution in [1.82, 2.24) is 9.97 Å². The van der Waals surface area contributed by atoms with E-state index in [1.165, 1.54) is 12.3 Å². The number of carbonyl (C=O) groups is 1. The van der Waals surface area contributed by atoms with Gasteiger partial charge in [0.05, 0.1) is 0 Å². The van der Waals surface area contributed by atoms with Crippen LogP contribution in [0.1, 0.15) is 10.4 Å². The van der Waals surface area contributed by atoms with E-state index < -0.39 is 0 Å². The maximum atomic E-state index is 11.9. The van der Waals surface area contributed by atoms with Gasteiger partial charge in [-0.25, -0.2) is 9.97 Å². The smallest absolute Gasteiger partial charge is 0.258 e. The van der Waals surface area contributed by atoms with Gasteiger partial charge in [-0.3, -0.25) is 10.1 Å². The monoisotopic (exact) mass is 345 g/mol. The summed E-state index contributed by atoms with van der Waals surface area (Å²) in [5.74, 6) is -0.218. The number of hydrogen-bond donors (Lipinski definition) is 1. The van der Waals surface area contributed by atoms with Gasteiger partial charge in [0.15, 0.2) is 0 Å². The molecule has 4 nitrogen and oxygen atoms in total. The number of carbonyl (C=O) groups excluding carboxylic acids is 1. The van der Waals surface area contributed by atoms with E-state index in [-0.39, 0.29) is 17.0 Å². The zero-order chi connectivity index (χ0) is 13.1. The Hall–Kier alpha value is -1.17. The fraction of sp³-hybridized carbons (Fsp3) is 0. The molecular formula is C11H6BrCl2N3O. The van der Waals surface area contributed by atoms with Crippen LogP contribution in [-0.4, -0.2) is 15.9 Å². The minimum atomic E-state index is -0.361. The van der Waals surface area contributed by atoms with Crippen molar-refractivity contribution < 1.29 is 4.79 Å². The Morgan fingerprint density at radius 3 is 2.72 bits per heavy atom. The zero-order valence-corrected chi connectivity index (χ0v) is 11.9. The van der Waals surface area contributed by atoms with Crippen LogP contribution in [0.2, 0.25) is 10.2 Å². The first kappa shape index (κ1) is 13.3. The maximum Gasteiger partial charge on any atom is 0.258 e. The molecule has 2 aromatic rings. The molecule has 0 saturated heterocycles. The van der Waals surface area contributed by atoms with E-state index in [2.05, 4.69) is 31.2 Å². The Bertz CT molecular complexity index is 586. The topological polar surface area (TPSA) is 54.9 Å². The van der Waals surface area contributed by atoms with Gasteiger partial charge in [0, 0.05) is 21.3 Å². The molecule has 2 rings (SSSR count). The van der Waals surface area contributed by atoms with Crippen LogP contribution in [0, 0.1) is 0 Å². The number of rotatable bonds is 2. The Morgan fingerprint density at radius 1 is 1.28 bits per heavy atom. The van der Waals surface area contributed by atoms with Crippen LogP contribution < -0.4 is 5.32 Å². The highest BCUT2D eigenvalue weighted by Crippen LogP contribution is 2.20. The fourth-order valence-electron chi connectivity index (χ4n) is 1.26. The lowest BCUT2D eigenvalue weighted by Gasteiger charge is -2.04. The van der Waals surface area contributed by atoms with E-state index in [9.17, 15) is 4.79 Å². The number of hydrogen-bond acceptors (Lipinski definition) is 3. The van der Waals surface area contributed by atoms with Gasteiger partial charge in [-0.1, -0.05) is 39.1 Å². The SMILES string of the molecule is O=C(Nc1nccc(Cl)n1)c1cc(Cl)cc(Br)c1. The van der Waals surface area contributed by atoms with E-state index in [4.69, 9.17) is 23.2 Å². The molecule has 18 heavy (non-hydrogen) atoms. The zero-order valence-electron chi connectivity index (χ0n) is 8.82. The summed E-state index contributed by atoms with van der Waals surface area (Å²) in [5.41, 5.74) is 0.401. The third-order valence-electron chi connectivity index (χ3n) is 1.97. The fourth-order valence-corrected chi connectivity index (χ4v) is 2.25. The highest BCUT2D eigenvalue weighted by atomic mass is 79.9. The first-order chi connectivity index (χ1) is 8.54. The van der Waals surface area contributed by atoms with Gasteiger partial charge < -0.3 is 0 Å². The van der Waals surface area contributed by atoms with Crippen molar-refractivity contribution in [2.45, 2.75) is 0 Å². The molecule has 0 saturated carbocycles. The minimum absolute atomic E-state index is 0.142. The largest absolute Gasteiger partial charge is 0.290 e. The average Bonchev–Trinajstić information content (AvgIpc) is 2.27. The molecule has 0 aliphatic rings. The molecule has 1 aromatic carbocycles. The van der Waals surface area contributed by atoms with E-state index in [1.54, 1.807) is 18.2 Å². The van der Waals surface area contributed by atoms with Crippen molar-refractivity contribution in [3.63, 3.8) is 0 Å². The van der Waals surface area contributed by atoms with Gasteiger partial charge in [0.2, 0.25) is 5.95 Å². The average molecular weight is 347 g/mol. The summed E-state index contributed by atoms with van der Waals surface area (Å²) >= 11 is 14.8. The van der Waals surface area contributed by atoms with Crippen LogP contribution >= 0.6 is 39.1 Å². The van der Waals surface area contributed by atoms with Crippen molar-refractivity contribution in [2.75, 3.05) is 5.32 Å².